The van der Waals surface area contributed by atoms with Crippen LogP contribution in [0.25, 0.3) is 6.08 Å². The molecule has 0 aliphatic carbocycles. The Kier molecular flexibility index (Phi) is 8.83. The van der Waals surface area contributed by atoms with Gasteiger partial charge in [-0.1, -0.05) is 65.1 Å². The van der Waals surface area contributed by atoms with Gasteiger partial charge in [-0.3, -0.25) is 10.1 Å². The molecule has 1 atom stereocenters. The van der Waals surface area contributed by atoms with Crippen LogP contribution in [-0.2, 0) is 9.53 Å². The van der Waals surface area contributed by atoms with Gasteiger partial charge in [-0.25, -0.2) is 0 Å². The van der Waals surface area contributed by atoms with E-state index >= 15 is 0 Å². The molecule has 0 bridgehead atoms. The number of hydrogen-bond acceptors (Lipinski definition) is 3. The number of benzene rings is 1. The topological polar surface area (TPSA) is 50.4 Å². The van der Waals surface area contributed by atoms with Crippen molar-refractivity contribution in [3.63, 3.8) is 0 Å². The van der Waals surface area contributed by atoms with Gasteiger partial charge < -0.3 is 10.1 Å². The summed E-state index contributed by atoms with van der Waals surface area (Å²) in [7, 11) is 1.61. The minimum absolute atomic E-state index is 0.348. The first-order valence-corrected chi connectivity index (χ1v) is 7.89. The van der Waals surface area contributed by atoms with Crippen LogP contribution in [0.15, 0.2) is 36.4 Å². The monoisotopic (exact) mass is 364 g/mol. The second kappa shape index (κ2) is 10.1. The lowest BCUT2D eigenvalue weighted by atomic mass is 10.2. The number of hydrogen-bond donors (Lipinski definition) is 2. The minimum atomic E-state index is -1.65. The van der Waals surface area contributed by atoms with Gasteiger partial charge in [0.05, 0.1) is 0 Å². The van der Waals surface area contributed by atoms with Crippen molar-refractivity contribution in [1.29, 1.82) is 0 Å². The van der Waals surface area contributed by atoms with Crippen molar-refractivity contribution in [2.75, 3.05) is 20.3 Å². The highest BCUT2D eigenvalue weighted by atomic mass is 35.6. The van der Waals surface area contributed by atoms with E-state index in [2.05, 4.69) is 10.6 Å². The van der Waals surface area contributed by atoms with Crippen LogP contribution in [0.5, 0.6) is 0 Å². The summed E-state index contributed by atoms with van der Waals surface area (Å²) >= 11 is 17.6. The van der Waals surface area contributed by atoms with E-state index in [1.54, 1.807) is 13.2 Å². The van der Waals surface area contributed by atoms with Crippen LogP contribution in [0.4, 0.5) is 0 Å². The Balaban J connectivity index is 2.53. The predicted molar refractivity (Wildman–Crippen MR) is 92.2 cm³/mol. The van der Waals surface area contributed by atoms with Crippen molar-refractivity contribution in [2.24, 2.45) is 0 Å². The fourth-order valence-electron chi connectivity index (χ4n) is 1.64. The first kappa shape index (κ1) is 19.3. The lowest BCUT2D eigenvalue weighted by Gasteiger charge is -2.26. The van der Waals surface area contributed by atoms with E-state index in [-0.39, 0.29) is 5.91 Å². The second-order valence-electron chi connectivity index (χ2n) is 4.53. The fourth-order valence-corrected chi connectivity index (χ4v) is 2.03. The first-order chi connectivity index (χ1) is 10.4. The normalized spacial score (nSPS) is 13.3. The average molecular weight is 366 g/mol. The van der Waals surface area contributed by atoms with Crippen molar-refractivity contribution in [1.82, 2.24) is 10.6 Å². The molecule has 4 nitrogen and oxygen atoms in total. The number of halogens is 3. The van der Waals surface area contributed by atoms with Crippen LogP contribution in [0.2, 0.25) is 0 Å². The molecule has 0 fully saturated rings. The molecular weight excluding hydrogens is 347 g/mol. The van der Waals surface area contributed by atoms with Crippen LogP contribution in [-0.4, -0.2) is 36.1 Å². The van der Waals surface area contributed by atoms with Gasteiger partial charge in [0.15, 0.2) is 0 Å². The number of ether oxygens (including phenoxy) is 1. The molecular formula is C15H19Cl3N2O2. The van der Waals surface area contributed by atoms with Crippen LogP contribution in [0.1, 0.15) is 12.0 Å². The molecule has 0 aliphatic rings. The number of alkyl halides is 3. The molecule has 0 saturated heterocycles. The summed E-state index contributed by atoms with van der Waals surface area (Å²) in [6.45, 7) is 1.14. The molecule has 0 aromatic heterocycles. The molecule has 1 aromatic rings. The van der Waals surface area contributed by atoms with E-state index in [1.807, 2.05) is 30.3 Å². The van der Waals surface area contributed by atoms with Crippen molar-refractivity contribution >= 4 is 46.8 Å². The molecule has 0 saturated carbocycles. The van der Waals surface area contributed by atoms with Crippen LogP contribution < -0.4 is 10.6 Å². The van der Waals surface area contributed by atoms with Crippen LogP contribution in [0.3, 0.4) is 0 Å². The van der Waals surface area contributed by atoms with E-state index in [0.717, 1.165) is 12.0 Å². The summed E-state index contributed by atoms with van der Waals surface area (Å²) < 4.78 is 3.29. The summed E-state index contributed by atoms with van der Waals surface area (Å²) in [5.41, 5.74) is 0.913. The predicted octanol–water partition coefficient (Wildman–Crippen LogP) is 3.14. The van der Waals surface area contributed by atoms with Crippen molar-refractivity contribution in [2.45, 2.75) is 16.4 Å². The van der Waals surface area contributed by atoms with Gasteiger partial charge in [-0.15, -0.1) is 0 Å². The summed E-state index contributed by atoms with van der Waals surface area (Å²) in [4.78, 5) is 11.9. The molecule has 0 radical (unpaired) electrons. The van der Waals surface area contributed by atoms with Gasteiger partial charge in [0.1, 0.15) is 6.17 Å². The van der Waals surface area contributed by atoms with E-state index in [1.165, 1.54) is 6.08 Å². The minimum Gasteiger partial charge on any atom is -0.385 e. The summed E-state index contributed by atoms with van der Waals surface area (Å²) in [6, 6.07) is 9.46. The maximum atomic E-state index is 11.9. The highest BCUT2D eigenvalue weighted by Gasteiger charge is 2.32. The Morgan fingerprint density at radius 3 is 2.59 bits per heavy atom. The Labute approximate surface area is 145 Å². The number of methoxy groups -OCH3 is 1. The largest absolute Gasteiger partial charge is 0.385 e. The third kappa shape index (κ3) is 8.01. The number of amides is 1. The van der Waals surface area contributed by atoms with Gasteiger partial charge in [0, 0.05) is 19.8 Å². The Morgan fingerprint density at radius 2 is 2.00 bits per heavy atom. The smallest absolute Gasteiger partial charge is 0.245 e. The Bertz CT molecular complexity index is 475. The number of rotatable bonds is 8. The molecule has 1 unspecified atom stereocenters. The lowest BCUT2D eigenvalue weighted by molar-refractivity contribution is -0.117. The molecule has 0 spiro atoms. The molecule has 2 N–H and O–H groups in total. The fraction of sp³-hybridized carbons (Fsp3) is 0.400. The third-order valence-corrected chi connectivity index (χ3v) is 3.37. The van der Waals surface area contributed by atoms with E-state index in [4.69, 9.17) is 39.5 Å². The molecule has 7 heteroatoms. The molecule has 122 valence electrons. The highest BCUT2D eigenvalue weighted by molar-refractivity contribution is 6.68. The number of carbonyl (C=O) groups excluding carboxylic acids is 1. The maximum Gasteiger partial charge on any atom is 0.245 e. The quantitative estimate of drug-likeness (QED) is 0.322. The van der Waals surface area contributed by atoms with Gasteiger partial charge in [0.2, 0.25) is 9.70 Å². The van der Waals surface area contributed by atoms with E-state index < -0.39 is 9.96 Å². The molecule has 1 aromatic carbocycles. The summed E-state index contributed by atoms with van der Waals surface area (Å²) in [5.74, 6) is -0.348. The maximum absolute atomic E-state index is 11.9. The van der Waals surface area contributed by atoms with E-state index in [0.29, 0.717) is 13.2 Å². The Hall–Kier alpha value is -0.780. The zero-order chi connectivity index (χ0) is 16.4. The second-order valence-corrected chi connectivity index (χ2v) is 6.90. The van der Waals surface area contributed by atoms with Gasteiger partial charge in [-0.05, 0) is 24.6 Å². The van der Waals surface area contributed by atoms with Crippen LogP contribution >= 0.6 is 34.8 Å². The average Bonchev–Trinajstić information content (AvgIpc) is 2.48. The highest BCUT2D eigenvalue weighted by Crippen LogP contribution is 2.29. The molecule has 1 rings (SSSR count). The standard InChI is InChI=1S/C15H19Cl3N2O2/c1-22-11-5-10-19-14(15(16,17)18)20-13(21)9-8-12-6-3-2-4-7-12/h2-4,6-9,14,19H,5,10-11H2,1H3,(H,20,21). The molecule has 0 aliphatic heterocycles. The summed E-state index contributed by atoms with van der Waals surface area (Å²) in [5, 5.41) is 5.61. The first-order valence-electron chi connectivity index (χ1n) is 6.76. The number of nitrogens with one attached hydrogen (secondary N) is 2. The van der Waals surface area contributed by atoms with Crippen molar-refractivity contribution in [3.8, 4) is 0 Å². The van der Waals surface area contributed by atoms with Gasteiger partial charge in [0.25, 0.3) is 0 Å². The van der Waals surface area contributed by atoms with Crippen LogP contribution in [0, 0.1) is 0 Å². The Morgan fingerprint density at radius 1 is 1.32 bits per heavy atom. The SMILES string of the molecule is COCCCNC(NC(=O)C=Cc1ccccc1)C(Cl)(Cl)Cl. The van der Waals surface area contributed by atoms with E-state index in [9.17, 15) is 4.79 Å². The van der Waals surface area contributed by atoms with Gasteiger partial charge >= 0.3 is 0 Å². The molecule has 22 heavy (non-hydrogen) atoms. The van der Waals surface area contributed by atoms with Gasteiger partial charge in [-0.2, -0.15) is 0 Å². The lowest BCUT2D eigenvalue weighted by Crippen LogP contribution is -2.53. The zero-order valence-corrected chi connectivity index (χ0v) is 14.5. The molecule has 1 amide bonds. The summed E-state index contributed by atoms with van der Waals surface area (Å²) in [6.07, 6.45) is 3.04. The molecule has 0 heterocycles. The third-order valence-electron chi connectivity index (χ3n) is 2.71. The van der Waals surface area contributed by atoms with Crippen molar-refractivity contribution < 1.29 is 9.53 Å². The van der Waals surface area contributed by atoms with Crippen molar-refractivity contribution in [3.05, 3.63) is 42.0 Å². The number of carbonyl (C=O) groups is 1. The zero-order valence-electron chi connectivity index (χ0n) is 12.2.